The molecule has 0 aromatic heterocycles. The average Bonchev–Trinajstić information content (AvgIpc) is 2.35. The van der Waals surface area contributed by atoms with E-state index in [0.29, 0.717) is 6.07 Å². The van der Waals surface area contributed by atoms with Gasteiger partial charge in [0, 0.05) is 0 Å². The summed E-state index contributed by atoms with van der Waals surface area (Å²) in [5.74, 6) is -2.85. The molecule has 7 heteroatoms. The van der Waals surface area contributed by atoms with Gasteiger partial charge < -0.3 is 10.2 Å². The van der Waals surface area contributed by atoms with Crippen LogP contribution < -0.4 is 0 Å². The van der Waals surface area contributed by atoms with E-state index < -0.39 is 29.2 Å². The third kappa shape index (κ3) is 2.42. The number of hydrogen-bond acceptors (Lipinski definition) is 2. The zero-order valence-corrected chi connectivity index (χ0v) is 9.73. The van der Waals surface area contributed by atoms with Crippen molar-refractivity contribution in [1.29, 1.82) is 0 Å². The van der Waals surface area contributed by atoms with Crippen LogP contribution in [0.2, 0.25) is 0 Å². The van der Waals surface area contributed by atoms with Crippen molar-refractivity contribution in [2.24, 2.45) is 0 Å². The van der Waals surface area contributed by atoms with Crippen LogP contribution in [-0.2, 0) is 6.18 Å². The molecule has 20 heavy (non-hydrogen) atoms. The average molecular weight is 284 g/mol. The van der Waals surface area contributed by atoms with Crippen LogP contribution in [0.25, 0.3) is 10.8 Å². The second kappa shape index (κ2) is 4.52. The molecule has 2 rings (SSSR count). The van der Waals surface area contributed by atoms with Crippen LogP contribution in [0.4, 0.5) is 13.2 Å². The first-order valence-electron chi connectivity index (χ1n) is 5.32. The van der Waals surface area contributed by atoms with E-state index in [1.165, 1.54) is 0 Å². The smallest absolute Gasteiger partial charge is 0.417 e. The Morgan fingerprint density at radius 1 is 0.900 bits per heavy atom. The van der Waals surface area contributed by atoms with Gasteiger partial charge in [-0.3, -0.25) is 0 Å². The Morgan fingerprint density at radius 2 is 1.50 bits per heavy atom. The van der Waals surface area contributed by atoms with E-state index in [9.17, 15) is 22.8 Å². The van der Waals surface area contributed by atoms with Crippen molar-refractivity contribution < 1.29 is 33.0 Å². The Morgan fingerprint density at radius 3 is 2.00 bits per heavy atom. The number of benzene rings is 2. The van der Waals surface area contributed by atoms with Gasteiger partial charge in [0.2, 0.25) is 0 Å². The quantitative estimate of drug-likeness (QED) is 0.887. The van der Waals surface area contributed by atoms with Crippen LogP contribution in [0.3, 0.4) is 0 Å². The number of carboxylic acid groups (broad SMARTS) is 2. The summed E-state index contributed by atoms with van der Waals surface area (Å²) in [4.78, 5) is 21.6. The molecule has 0 aliphatic rings. The molecule has 0 saturated carbocycles. The SMILES string of the molecule is O=C(O)c1cc(C(F)(F)F)c2cc(C(=O)O)ccc2c1. The van der Waals surface area contributed by atoms with Gasteiger partial charge in [-0.2, -0.15) is 13.2 Å². The second-order valence-electron chi connectivity index (χ2n) is 4.07. The van der Waals surface area contributed by atoms with Crippen molar-refractivity contribution in [3.63, 3.8) is 0 Å². The molecule has 0 radical (unpaired) electrons. The van der Waals surface area contributed by atoms with Crippen LogP contribution in [0.15, 0.2) is 30.3 Å². The van der Waals surface area contributed by atoms with E-state index in [2.05, 4.69) is 0 Å². The van der Waals surface area contributed by atoms with E-state index in [0.717, 1.165) is 24.3 Å². The Hall–Kier alpha value is -2.57. The first kappa shape index (κ1) is 13.9. The number of fused-ring (bicyclic) bond motifs is 1. The number of hydrogen-bond donors (Lipinski definition) is 2. The predicted molar refractivity (Wildman–Crippen MR) is 62.9 cm³/mol. The fourth-order valence-electron chi connectivity index (χ4n) is 1.85. The third-order valence-corrected chi connectivity index (χ3v) is 2.75. The maximum absolute atomic E-state index is 13.0. The van der Waals surface area contributed by atoms with Gasteiger partial charge in [0.05, 0.1) is 16.7 Å². The number of halogens is 3. The predicted octanol–water partition coefficient (Wildman–Crippen LogP) is 3.26. The molecule has 0 bridgehead atoms. The number of alkyl halides is 3. The highest BCUT2D eigenvalue weighted by Crippen LogP contribution is 2.36. The second-order valence-corrected chi connectivity index (χ2v) is 4.07. The topological polar surface area (TPSA) is 74.6 Å². The summed E-state index contributed by atoms with van der Waals surface area (Å²) in [5.41, 5.74) is -1.98. The maximum Gasteiger partial charge on any atom is 0.417 e. The van der Waals surface area contributed by atoms with Gasteiger partial charge in [-0.1, -0.05) is 6.07 Å². The first-order chi connectivity index (χ1) is 9.20. The van der Waals surface area contributed by atoms with E-state index >= 15 is 0 Å². The molecule has 0 amide bonds. The molecular formula is C13H7F3O4. The molecule has 0 fully saturated rings. The van der Waals surface area contributed by atoms with Crippen molar-refractivity contribution in [2.75, 3.05) is 0 Å². The largest absolute Gasteiger partial charge is 0.478 e. The minimum Gasteiger partial charge on any atom is -0.478 e. The van der Waals surface area contributed by atoms with Crippen LogP contribution in [0.1, 0.15) is 26.3 Å². The third-order valence-electron chi connectivity index (χ3n) is 2.75. The first-order valence-corrected chi connectivity index (χ1v) is 5.32. The van der Waals surface area contributed by atoms with Crippen LogP contribution >= 0.6 is 0 Å². The normalized spacial score (nSPS) is 11.6. The minimum absolute atomic E-state index is 0.0159. The van der Waals surface area contributed by atoms with Crippen LogP contribution in [0, 0.1) is 0 Å². The summed E-state index contributed by atoms with van der Waals surface area (Å²) in [6.45, 7) is 0. The molecule has 2 N–H and O–H groups in total. The number of rotatable bonds is 2. The minimum atomic E-state index is -4.78. The van der Waals surface area contributed by atoms with Crippen molar-refractivity contribution in [3.8, 4) is 0 Å². The van der Waals surface area contributed by atoms with Gasteiger partial charge in [-0.05, 0) is 35.0 Å². The Balaban J connectivity index is 2.85. The highest BCUT2D eigenvalue weighted by Gasteiger charge is 2.33. The summed E-state index contributed by atoms with van der Waals surface area (Å²) in [7, 11) is 0. The fraction of sp³-hybridized carbons (Fsp3) is 0.0769. The van der Waals surface area contributed by atoms with E-state index in [1.54, 1.807) is 0 Å². The monoisotopic (exact) mass is 284 g/mol. The van der Waals surface area contributed by atoms with Gasteiger partial charge in [-0.25, -0.2) is 9.59 Å². The summed E-state index contributed by atoms with van der Waals surface area (Å²) in [6, 6.07) is 4.72. The van der Waals surface area contributed by atoms with Gasteiger partial charge in [-0.15, -0.1) is 0 Å². The lowest BCUT2D eigenvalue weighted by molar-refractivity contribution is -0.136. The number of carbonyl (C=O) groups is 2. The lowest BCUT2D eigenvalue weighted by Gasteiger charge is -2.12. The molecule has 0 unspecified atom stereocenters. The molecule has 104 valence electrons. The molecule has 2 aromatic carbocycles. The Labute approximate surface area is 110 Å². The van der Waals surface area contributed by atoms with E-state index in [1.807, 2.05) is 0 Å². The fourth-order valence-corrected chi connectivity index (χ4v) is 1.85. The molecule has 2 aromatic rings. The van der Waals surface area contributed by atoms with Gasteiger partial charge >= 0.3 is 18.1 Å². The molecule has 0 aliphatic carbocycles. The lowest BCUT2D eigenvalue weighted by atomic mass is 9.98. The Kier molecular flexibility index (Phi) is 3.13. The number of aromatic carboxylic acids is 2. The highest BCUT2D eigenvalue weighted by atomic mass is 19.4. The van der Waals surface area contributed by atoms with Crippen molar-refractivity contribution >= 4 is 22.7 Å². The van der Waals surface area contributed by atoms with E-state index in [4.69, 9.17) is 10.2 Å². The summed E-state index contributed by atoms with van der Waals surface area (Å²) in [6.07, 6.45) is -4.78. The Bertz CT molecular complexity index is 719. The van der Waals surface area contributed by atoms with Gasteiger partial charge in [0.1, 0.15) is 0 Å². The van der Waals surface area contributed by atoms with Crippen LogP contribution in [-0.4, -0.2) is 22.2 Å². The molecular weight excluding hydrogens is 277 g/mol. The van der Waals surface area contributed by atoms with Gasteiger partial charge in [0.25, 0.3) is 0 Å². The summed E-state index contributed by atoms with van der Waals surface area (Å²) in [5, 5.41) is 17.3. The molecule has 0 aliphatic heterocycles. The summed E-state index contributed by atoms with van der Waals surface area (Å²) >= 11 is 0. The van der Waals surface area contributed by atoms with E-state index in [-0.39, 0.29) is 16.3 Å². The lowest BCUT2D eigenvalue weighted by Crippen LogP contribution is -2.09. The van der Waals surface area contributed by atoms with Crippen molar-refractivity contribution in [1.82, 2.24) is 0 Å². The standard InChI is InChI=1S/C13H7F3O4/c14-13(15,16)10-5-8(12(19)20)3-6-1-2-7(11(17)18)4-9(6)10/h1-5H,(H,17,18)(H,19,20). The van der Waals surface area contributed by atoms with Crippen LogP contribution in [0.5, 0.6) is 0 Å². The zero-order chi connectivity index (χ0) is 15.1. The molecule has 0 atom stereocenters. The molecule has 0 saturated heterocycles. The summed E-state index contributed by atoms with van der Waals surface area (Å²) < 4.78 is 38.9. The molecule has 0 heterocycles. The zero-order valence-electron chi connectivity index (χ0n) is 9.73. The van der Waals surface area contributed by atoms with Crippen molar-refractivity contribution in [2.45, 2.75) is 6.18 Å². The highest BCUT2D eigenvalue weighted by molar-refractivity contribution is 5.99. The number of carboxylic acids is 2. The van der Waals surface area contributed by atoms with Gasteiger partial charge in [0.15, 0.2) is 0 Å². The molecule has 4 nitrogen and oxygen atoms in total. The maximum atomic E-state index is 13.0. The molecule has 0 spiro atoms. The van der Waals surface area contributed by atoms with Crippen molar-refractivity contribution in [3.05, 3.63) is 47.0 Å².